The molecule has 0 atom stereocenters. The highest BCUT2D eigenvalue weighted by atomic mass is 16.6. The van der Waals surface area contributed by atoms with E-state index in [1.165, 1.54) is 12.7 Å². The zero-order valence-electron chi connectivity index (χ0n) is 16.8. The Morgan fingerprint density at radius 3 is 2.17 bits per heavy atom. The van der Waals surface area contributed by atoms with Gasteiger partial charge in [-0.2, -0.15) is 0 Å². The Balaban J connectivity index is 1.67. The molecule has 2 aromatic carbocycles. The van der Waals surface area contributed by atoms with Crippen LogP contribution in [0.25, 0.3) is 0 Å². The minimum Gasteiger partial charge on any atom is -0.482 e. The number of methoxy groups -OCH3 is 1. The van der Waals surface area contributed by atoms with Crippen LogP contribution in [0.4, 0.5) is 0 Å². The standard InChI is InChI=1S/C22H25NO6/c1-15(2)17-8-10-19(11-9-17)28-14-21(25)29-13-20(24)23-12-16-4-6-18(7-5-16)22(26)27-3/h4-11,15H,12-14H2,1-3H3,(H,23,24). The summed E-state index contributed by atoms with van der Waals surface area (Å²) in [5.74, 6) is -0.512. The van der Waals surface area contributed by atoms with Gasteiger partial charge in [-0.1, -0.05) is 38.1 Å². The summed E-state index contributed by atoms with van der Waals surface area (Å²) in [5.41, 5.74) is 2.40. The summed E-state index contributed by atoms with van der Waals surface area (Å²) in [5, 5.41) is 2.63. The van der Waals surface area contributed by atoms with Crippen molar-refractivity contribution in [2.24, 2.45) is 0 Å². The van der Waals surface area contributed by atoms with Crippen LogP contribution in [0.5, 0.6) is 5.75 Å². The number of nitrogens with one attached hydrogen (secondary N) is 1. The van der Waals surface area contributed by atoms with E-state index in [9.17, 15) is 14.4 Å². The van der Waals surface area contributed by atoms with E-state index in [4.69, 9.17) is 9.47 Å². The third-order valence-electron chi connectivity index (χ3n) is 4.13. The zero-order valence-corrected chi connectivity index (χ0v) is 16.8. The van der Waals surface area contributed by atoms with E-state index in [1.54, 1.807) is 36.4 Å². The lowest BCUT2D eigenvalue weighted by atomic mass is 10.0. The number of esters is 2. The lowest BCUT2D eigenvalue weighted by molar-refractivity contribution is -0.150. The molecule has 0 saturated heterocycles. The van der Waals surface area contributed by atoms with Crippen molar-refractivity contribution >= 4 is 17.8 Å². The normalized spacial score (nSPS) is 10.3. The molecule has 7 nitrogen and oxygen atoms in total. The number of benzene rings is 2. The van der Waals surface area contributed by atoms with Crippen LogP contribution in [-0.2, 0) is 25.6 Å². The van der Waals surface area contributed by atoms with Crippen molar-refractivity contribution in [2.45, 2.75) is 26.3 Å². The van der Waals surface area contributed by atoms with Crippen LogP contribution < -0.4 is 10.1 Å². The van der Waals surface area contributed by atoms with Crippen molar-refractivity contribution in [3.8, 4) is 5.75 Å². The maximum atomic E-state index is 11.8. The molecule has 29 heavy (non-hydrogen) atoms. The van der Waals surface area contributed by atoms with Crippen LogP contribution in [0.15, 0.2) is 48.5 Å². The summed E-state index contributed by atoms with van der Waals surface area (Å²) < 4.78 is 14.9. The first-order valence-corrected chi connectivity index (χ1v) is 9.21. The first kappa shape index (κ1) is 21.9. The molecular formula is C22H25NO6. The number of hydrogen-bond donors (Lipinski definition) is 1. The monoisotopic (exact) mass is 399 g/mol. The average Bonchev–Trinajstić information content (AvgIpc) is 2.74. The minimum absolute atomic E-state index is 0.247. The number of carbonyl (C=O) groups excluding carboxylic acids is 3. The van der Waals surface area contributed by atoms with Gasteiger partial charge in [0.15, 0.2) is 13.2 Å². The number of ether oxygens (including phenoxy) is 3. The van der Waals surface area contributed by atoms with Gasteiger partial charge < -0.3 is 19.5 Å². The first-order chi connectivity index (χ1) is 13.9. The van der Waals surface area contributed by atoms with Gasteiger partial charge in [-0.15, -0.1) is 0 Å². The topological polar surface area (TPSA) is 90.9 Å². The van der Waals surface area contributed by atoms with E-state index in [0.29, 0.717) is 17.2 Å². The van der Waals surface area contributed by atoms with Crippen molar-refractivity contribution in [1.29, 1.82) is 0 Å². The average molecular weight is 399 g/mol. The van der Waals surface area contributed by atoms with Crippen molar-refractivity contribution < 1.29 is 28.6 Å². The Morgan fingerprint density at radius 1 is 0.931 bits per heavy atom. The van der Waals surface area contributed by atoms with Crippen molar-refractivity contribution in [2.75, 3.05) is 20.3 Å². The molecular weight excluding hydrogens is 374 g/mol. The summed E-state index contributed by atoms with van der Waals surface area (Å²) in [4.78, 5) is 34.9. The highest BCUT2D eigenvalue weighted by molar-refractivity contribution is 5.89. The first-order valence-electron chi connectivity index (χ1n) is 9.21. The lowest BCUT2D eigenvalue weighted by Gasteiger charge is -2.09. The van der Waals surface area contributed by atoms with Gasteiger partial charge in [-0.05, 0) is 41.3 Å². The predicted molar refractivity (Wildman–Crippen MR) is 107 cm³/mol. The summed E-state index contributed by atoms with van der Waals surface area (Å²) in [6.07, 6.45) is 0. The van der Waals surface area contributed by atoms with E-state index in [1.807, 2.05) is 12.1 Å². The Morgan fingerprint density at radius 2 is 1.59 bits per heavy atom. The van der Waals surface area contributed by atoms with E-state index in [0.717, 1.165) is 5.56 Å². The van der Waals surface area contributed by atoms with Gasteiger partial charge >= 0.3 is 11.9 Å². The second kappa shape index (κ2) is 10.8. The van der Waals surface area contributed by atoms with Crippen LogP contribution >= 0.6 is 0 Å². The maximum Gasteiger partial charge on any atom is 0.344 e. The largest absolute Gasteiger partial charge is 0.482 e. The second-order valence-corrected chi connectivity index (χ2v) is 6.64. The Labute approximate surface area is 170 Å². The molecule has 1 N–H and O–H groups in total. The molecule has 2 rings (SSSR count). The van der Waals surface area contributed by atoms with Crippen LogP contribution in [0.3, 0.4) is 0 Å². The van der Waals surface area contributed by atoms with Gasteiger partial charge in [0.05, 0.1) is 12.7 Å². The van der Waals surface area contributed by atoms with Gasteiger partial charge in [0.1, 0.15) is 5.75 Å². The summed E-state index contributed by atoms with van der Waals surface area (Å²) in [6.45, 7) is 3.76. The van der Waals surface area contributed by atoms with Crippen LogP contribution in [0, 0.1) is 0 Å². The van der Waals surface area contributed by atoms with Crippen molar-refractivity contribution in [3.63, 3.8) is 0 Å². The molecule has 0 spiro atoms. The van der Waals surface area contributed by atoms with E-state index in [2.05, 4.69) is 23.9 Å². The molecule has 0 bridgehead atoms. The number of carbonyl (C=O) groups is 3. The van der Waals surface area contributed by atoms with Gasteiger partial charge in [-0.3, -0.25) is 4.79 Å². The Hall–Kier alpha value is -3.35. The van der Waals surface area contributed by atoms with Crippen LogP contribution in [-0.4, -0.2) is 38.2 Å². The van der Waals surface area contributed by atoms with Crippen molar-refractivity contribution in [3.05, 3.63) is 65.2 Å². The Bertz CT molecular complexity index is 827. The molecule has 0 fully saturated rings. The molecule has 0 aromatic heterocycles. The molecule has 0 aliphatic carbocycles. The molecule has 154 valence electrons. The molecule has 0 saturated carbocycles. The molecule has 0 aliphatic rings. The molecule has 0 radical (unpaired) electrons. The van der Waals surface area contributed by atoms with Crippen LogP contribution in [0.1, 0.15) is 41.3 Å². The Kier molecular flexibility index (Phi) is 8.21. The molecule has 7 heteroatoms. The summed E-state index contributed by atoms with van der Waals surface area (Å²) in [6, 6.07) is 14.1. The zero-order chi connectivity index (χ0) is 21.2. The van der Waals surface area contributed by atoms with Gasteiger partial charge in [0.2, 0.25) is 0 Å². The highest BCUT2D eigenvalue weighted by Crippen LogP contribution is 2.18. The third kappa shape index (κ3) is 7.29. The lowest BCUT2D eigenvalue weighted by Crippen LogP contribution is -2.29. The molecule has 2 aromatic rings. The smallest absolute Gasteiger partial charge is 0.344 e. The van der Waals surface area contributed by atoms with Gasteiger partial charge in [0, 0.05) is 6.54 Å². The van der Waals surface area contributed by atoms with E-state index >= 15 is 0 Å². The quantitative estimate of drug-likeness (QED) is 0.652. The SMILES string of the molecule is COC(=O)c1ccc(CNC(=O)COC(=O)COc2ccc(C(C)C)cc2)cc1. The predicted octanol–water partition coefficient (Wildman–Crippen LogP) is 2.84. The highest BCUT2D eigenvalue weighted by Gasteiger charge is 2.09. The van der Waals surface area contributed by atoms with Crippen molar-refractivity contribution in [1.82, 2.24) is 5.32 Å². The molecule has 0 unspecified atom stereocenters. The second-order valence-electron chi connectivity index (χ2n) is 6.64. The third-order valence-corrected chi connectivity index (χ3v) is 4.13. The fraction of sp³-hybridized carbons (Fsp3) is 0.318. The number of amides is 1. The number of hydrogen-bond acceptors (Lipinski definition) is 6. The molecule has 0 aliphatic heterocycles. The summed E-state index contributed by atoms with van der Waals surface area (Å²) in [7, 11) is 1.31. The molecule has 0 heterocycles. The van der Waals surface area contributed by atoms with E-state index < -0.39 is 24.5 Å². The summed E-state index contributed by atoms with van der Waals surface area (Å²) >= 11 is 0. The fourth-order valence-corrected chi connectivity index (χ4v) is 2.41. The number of rotatable bonds is 9. The van der Waals surface area contributed by atoms with Gasteiger partial charge in [-0.25, -0.2) is 9.59 Å². The fourth-order valence-electron chi connectivity index (χ4n) is 2.41. The van der Waals surface area contributed by atoms with Crippen LogP contribution in [0.2, 0.25) is 0 Å². The van der Waals surface area contributed by atoms with Gasteiger partial charge in [0.25, 0.3) is 5.91 Å². The molecule has 1 amide bonds. The minimum atomic E-state index is -0.629. The maximum absolute atomic E-state index is 11.8. The van der Waals surface area contributed by atoms with E-state index in [-0.39, 0.29) is 13.2 Å².